The van der Waals surface area contributed by atoms with E-state index in [9.17, 15) is 14.4 Å². The summed E-state index contributed by atoms with van der Waals surface area (Å²) in [5, 5.41) is 8.54. The summed E-state index contributed by atoms with van der Waals surface area (Å²) >= 11 is 0. The SMILES string of the molecule is C=C1C(=O)O[C@H]2[C@H]1CC/C(COC(=O)CCC(=O)Nc1n[nH]c(N)n1)=C\CC[C@@]1(C)O[C@@H]21. The van der Waals surface area contributed by atoms with Gasteiger partial charge >= 0.3 is 11.9 Å². The summed E-state index contributed by atoms with van der Waals surface area (Å²) < 4.78 is 16.8. The molecule has 1 aromatic heterocycles. The zero-order valence-corrected chi connectivity index (χ0v) is 17.9. The number of anilines is 2. The lowest BCUT2D eigenvalue weighted by Crippen LogP contribution is -2.29. The van der Waals surface area contributed by atoms with E-state index in [1.807, 2.05) is 6.92 Å². The number of rotatable bonds is 6. The Morgan fingerprint density at radius 1 is 1.44 bits per heavy atom. The molecule has 11 heteroatoms. The van der Waals surface area contributed by atoms with Crippen LogP contribution >= 0.6 is 0 Å². The van der Waals surface area contributed by atoms with Gasteiger partial charge in [-0.3, -0.25) is 14.9 Å². The predicted molar refractivity (Wildman–Crippen MR) is 112 cm³/mol. The molecule has 1 aromatic rings. The third-order valence-electron chi connectivity index (χ3n) is 6.17. The molecule has 1 amide bonds. The van der Waals surface area contributed by atoms with Crippen LogP contribution in [0.2, 0.25) is 0 Å². The van der Waals surface area contributed by atoms with E-state index in [2.05, 4.69) is 33.2 Å². The minimum Gasteiger partial charge on any atom is -0.461 e. The van der Waals surface area contributed by atoms with Gasteiger partial charge in [-0.25, -0.2) is 9.89 Å². The molecular weight excluding hydrogens is 418 g/mol. The van der Waals surface area contributed by atoms with Gasteiger partial charge in [0.1, 0.15) is 18.8 Å². The van der Waals surface area contributed by atoms with Crippen molar-refractivity contribution in [1.82, 2.24) is 15.2 Å². The number of nitrogens with zero attached hydrogens (tertiary/aromatic N) is 2. The van der Waals surface area contributed by atoms with Crippen LogP contribution in [0.15, 0.2) is 23.8 Å². The van der Waals surface area contributed by atoms with Crippen LogP contribution in [0, 0.1) is 5.92 Å². The van der Waals surface area contributed by atoms with Gasteiger partial charge in [0.25, 0.3) is 0 Å². The van der Waals surface area contributed by atoms with Crippen molar-refractivity contribution in [3.8, 4) is 0 Å². The van der Waals surface area contributed by atoms with Gasteiger partial charge < -0.3 is 19.9 Å². The van der Waals surface area contributed by atoms with Crippen molar-refractivity contribution in [1.29, 1.82) is 0 Å². The molecule has 0 spiro atoms. The standard InChI is InChI=1S/C21H27N5O6/c1-11-13-6-5-12(4-3-9-21(2)17(32-21)16(13)31-18(11)29)10-30-15(28)8-7-14(27)23-20-24-19(22)25-26-20/h4,13,16-17H,1,3,5-10H2,2H3,(H4,22,23,24,25,26,27)/b12-4+/t13-,16-,17-,21+/m0/s1. The van der Waals surface area contributed by atoms with E-state index in [1.165, 1.54) is 0 Å². The number of esters is 2. The van der Waals surface area contributed by atoms with E-state index in [0.29, 0.717) is 18.4 Å². The summed E-state index contributed by atoms with van der Waals surface area (Å²) in [6.07, 6.45) is 4.41. The first-order valence-corrected chi connectivity index (χ1v) is 10.6. The summed E-state index contributed by atoms with van der Waals surface area (Å²) in [7, 11) is 0. The molecule has 0 bridgehead atoms. The summed E-state index contributed by atoms with van der Waals surface area (Å²) in [5.41, 5.74) is 6.52. The number of carbonyl (C=O) groups excluding carboxylic acids is 3. The van der Waals surface area contributed by atoms with Crippen LogP contribution in [0.5, 0.6) is 0 Å². The predicted octanol–water partition coefficient (Wildman–Crippen LogP) is 1.40. The zero-order chi connectivity index (χ0) is 22.9. The molecule has 1 aliphatic carbocycles. The van der Waals surface area contributed by atoms with E-state index < -0.39 is 11.9 Å². The molecule has 4 atom stereocenters. The number of hydrogen-bond donors (Lipinski definition) is 3. The monoisotopic (exact) mass is 445 g/mol. The molecule has 0 saturated carbocycles. The van der Waals surface area contributed by atoms with Crippen LogP contribution in [0.1, 0.15) is 45.4 Å². The number of nitrogen functional groups attached to an aromatic ring is 1. The van der Waals surface area contributed by atoms with Gasteiger partial charge in [-0.05, 0) is 38.2 Å². The van der Waals surface area contributed by atoms with Gasteiger partial charge in [0.05, 0.1) is 12.0 Å². The Morgan fingerprint density at radius 2 is 2.25 bits per heavy atom. The summed E-state index contributed by atoms with van der Waals surface area (Å²) in [4.78, 5) is 39.8. The Hall–Kier alpha value is -3.21. The van der Waals surface area contributed by atoms with E-state index in [4.69, 9.17) is 19.9 Å². The minimum atomic E-state index is -0.480. The van der Waals surface area contributed by atoms with E-state index in [1.54, 1.807) is 0 Å². The molecule has 11 nitrogen and oxygen atoms in total. The number of H-pyrrole nitrogens is 1. The number of nitrogens with two attached hydrogens (primary N) is 1. The summed E-state index contributed by atoms with van der Waals surface area (Å²) in [6.45, 7) is 6.06. The maximum Gasteiger partial charge on any atom is 0.334 e. The smallest absolute Gasteiger partial charge is 0.334 e. The molecule has 2 saturated heterocycles. The fraction of sp³-hybridized carbons (Fsp3) is 0.571. The Bertz CT molecular complexity index is 972. The summed E-state index contributed by atoms with van der Waals surface area (Å²) in [5.74, 6) is -1.23. The highest BCUT2D eigenvalue weighted by Gasteiger charge is 2.61. The van der Waals surface area contributed by atoms with E-state index in [0.717, 1.165) is 18.4 Å². The van der Waals surface area contributed by atoms with Gasteiger partial charge in [0.2, 0.25) is 17.8 Å². The van der Waals surface area contributed by atoms with Crippen LogP contribution in [0.3, 0.4) is 0 Å². The van der Waals surface area contributed by atoms with Crippen LogP contribution in [-0.4, -0.2) is 57.4 Å². The minimum absolute atomic E-state index is 0.0531. The number of aromatic nitrogens is 3. The second kappa shape index (κ2) is 8.73. The Morgan fingerprint density at radius 3 is 3.00 bits per heavy atom. The van der Waals surface area contributed by atoms with Crippen molar-refractivity contribution >= 4 is 29.7 Å². The van der Waals surface area contributed by atoms with Gasteiger partial charge in [0, 0.05) is 17.9 Å². The van der Waals surface area contributed by atoms with Gasteiger partial charge in [-0.15, -0.1) is 5.10 Å². The number of fused-ring (bicyclic) bond motifs is 3. The Balaban J connectivity index is 1.27. The highest BCUT2D eigenvalue weighted by atomic mass is 16.6. The van der Waals surface area contributed by atoms with Crippen LogP contribution in [0.25, 0.3) is 0 Å². The Labute approximate surface area is 184 Å². The van der Waals surface area contributed by atoms with E-state index in [-0.39, 0.29) is 61.0 Å². The van der Waals surface area contributed by atoms with Crippen LogP contribution in [-0.2, 0) is 28.6 Å². The second-order valence-corrected chi connectivity index (χ2v) is 8.55. The molecule has 0 unspecified atom stereocenters. The molecule has 0 aromatic carbocycles. The lowest BCUT2D eigenvalue weighted by molar-refractivity contribution is -0.144. The van der Waals surface area contributed by atoms with Crippen LogP contribution in [0.4, 0.5) is 11.9 Å². The van der Waals surface area contributed by atoms with Crippen molar-refractivity contribution in [2.75, 3.05) is 17.7 Å². The van der Waals surface area contributed by atoms with Crippen molar-refractivity contribution in [3.05, 3.63) is 23.8 Å². The normalized spacial score (nSPS) is 30.9. The number of amides is 1. The Kier molecular flexibility index (Phi) is 6.00. The topological polar surface area (TPSA) is 162 Å². The number of nitrogens with one attached hydrogen (secondary N) is 2. The molecule has 172 valence electrons. The third-order valence-corrected chi connectivity index (χ3v) is 6.17. The molecular formula is C21H27N5O6. The highest BCUT2D eigenvalue weighted by Crippen LogP contribution is 2.49. The lowest BCUT2D eigenvalue weighted by Gasteiger charge is -2.20. The lowest BCUT2D eigenvalue weighted by atomic mass is 9.84. The molecule has 0 radical (unpaired) electrons. The van der Waals surface area contributed by atoms with E-state index >= 15 is 0 Å². The number of epoxide rings is 1. The van der Waals surface area contributed by atoms with Gasteiger partial charge in [-0.1, -0.05) is 12.7 Å². The van der Waals surface area contributed by atoms with Crippen molar-refractivity contribution < 1.29 is 28.6 Å². The fourth-order valence-corrected chi connectivity index (χ4v) is 4.23. The first-order valence-electron chi connectivity index (χ1n) is 10.6. The third kappa shape index (κ3) is 4.82. The molecule has 3 heterocycles. The molecule has 3 aliphatic rings. The summed E-state index contributed by atoms with van der Waals surface area (Å²) in [6, 6.07) is 0. The zero-order valence-electron chi connectivity index (χ0n) is 17.9. The fourth-order valence-electron chi connectivity index (χ4n) is 4.23. The van der Waals surface area contributed by atoms with Gasteiger partial charge in [-0.2, -0.15) is 4.98 Å². The highest BCUT2D eigenvalue weighted by molar-refractivity contribution is 5.91. The molecule has 2 aliphatic heterocycles. The molecule has 2 fully saturated rings. The second-order valence-electron chi connectivity index (χ2n) is 8.55. The van der Waals surface area contributed by atoms with Gasteiger partial charge in [0.15, 0.2) is 0 Å². The maximum atomic E-state index is 12.1. The number of ether oxygens (including phenoxy) is 3. The average molecular weight is 445 g/mol. The number of hydrogen-bond acceptors (Lipinski definition) is 9. The molecule has 4 rings (SSSR count). The van der Waals surface area contributed by atoms with Crippen molar-refractivity contribution in [3.63, 3.8) is 0 Å². The number of allylic oxidation sites excluding steroid dienone is 1. The number of carbonyl (C=O) groups is 3. The quantitative estimate of drug-likeness (QED) is 0.254. The first kappa shape index (κ1) is 22.0. The molecule has 32 heavy (non-hydrogen) atoms. The molecule has 4 N–H and O–H groups in total. The first-order chi connectivity index (χ1) is 15.2. The van der Waals surface area contributed by atoms with Crippen LogP contribution < -0.4 is 11.1 Å². The largest absolute Gasteiger partial charge is 0.461 e. The number of aromatic amines is 1. The van der Waals surface area contributed by atoms with Crippen molar-refractivity contribution in [2.24, 2.45) is 5.92 Å². The maximum absolute atomic E-state index is 12.1. The van der Waals surface area contributed by atoms with Crippen molar-refractivity contribution in [2.45, 2.75) is 63.3 Å². The average Bonchev–Trinajstić information content (AvgIpc) is 3.10.